The molecular weight excluding hydrogens is 224 g/mol. The molecule has 0 saturated carbocycles. The van der Waals surface area contributed by atoms with Crippen molar-refractivity contribution in [2.24, 2.45) is 0 Å². The van der Waals surface area contributed by atoms with Crippen LogP contribution in [0.5, 0.6) is 5.75 Å². The van der Waals surface area contributed by atoms with Crippen molar-refractivity contribution in [1.82, 2.24) is 0 Å². The minimum atomic E-state index is -1.17. The van der Waals surface area contributed by atoms with Crippen molar-refractivity contribution >= 4 is 17.7 Å². The summed E-state index contributed by atoms with van der Waals surface area (Å²) in [4.78, 5) is 10.1. The molecule has 1 unspecified atom stereocenters. The Labute approximate surface area is 99.8 Å². The van der Waals surface area contributed by atoms with Crippen LogP contribution in [0.1, 0.15) is 19.8 Å². The van der Waals surface area contributed by atoms with E-state index in [1.165, 1.54) is 11.8 Å². The van der Waals surface area contributed by atoms with Crippen LogP contribution in [0.2, 0.25) is 0 Å². The lowest BCUT2D eigenvalue weighted by atomic mass is 10.2. The molecule has 0 spiro atoms. The van der Waals surface area contributed by atoms with Gasteiger partial charge in [0, 0.05) is 6.42 Å². The van der Waals surface area contributed by atoms with E-state index in [0.717, 1.165) is 6.42 Å². The van der Waals surface area contributed by atoms with Gasteiger partial charge in [0.25, 0.3) is 4.93 Å². The summed E-state index contributed by atoms with van der Waals surface area (Å²) < 4.78 is 5.62. The predicted octanol–water partition coefficient (Wildman–Crippen LogP) is 3.01. The molecule has 0 aliphatic heterocycles. The lowest BCUT2D eigenvalue weighted by Crippen LogP contribution is -2.41. The molecule has 1 atom stereocenters. The number of carboxylic acids is 1. The number of thioether (sulfide) groups is 1. The SMILES string of the molecule is CCCC(Oc1ccccc1)(SC)C(=O)O. The average Bonchev–Trinajstić information content (AvgIpc) is 2.29. The molecule has 0 aliphatic carbocycles. The highest BCUT2D eigenvalue weighted by Gasteiger charge is 2.39. The van der Waals surface area contributed by atoms with Crippen LogP contribution in [-0.2, 0) is 4.79 Å². The number of aliphatic carboxylic acids is 1. The second kappa shape index (κ2) is 5.80. The summed E-state index contributed by atoms with van der Waals surface area (Å²) in [7, 11) is 0. The maximum Gasteiger partial charge on any atom is 0.358 e. The van der Waals surface area contributed by atoms with Crippen molar-refractivity contribution in [3.63, 3.8) is 0 Å². The number of carboxylic acid groups (broad SMARTS) is 1. The fourth-order valence-electron chi connectivity index (χ4n) is 1.44. The minimum Gasteiger partial charge on any atom is -0.478 e. The molecule has 0 saturated heterocycles. The zero-order valence-corrected chi connectivity index (χ0v) is 10.3. The van der Waals surface area contributed by atoms with Crippen LogP contribution in [0.15, 0.2) is 30.3 Å². The maximum absolute atomic E-state index is 11.3. The van der Waals surface area contributed by atoms with Gasteiger partial charge < -0.3 is 9.84 Å². The van der Waals surface area contributed by atoms with Crippen LogP contribution in [0.25, 0.3) is 0 Å². The maximum atomic E-state index is 11.3. The smallest absolute Gasteiger partial charge is 0.358 e. The second-order valence-corrected chi connectivity index (χ2v) is 4.50. The Morgan fingerprint density at radius 2 is 2.06 bits per heavy atom. The van der Waals surface area contributed by atoms with Gasteiger partial charge in [0.2, 0.25) is 0 Å². The Morgan fingerprint density at radius 3 is 2.50 bits per heavy atom. The van der Waals surface area contributed by atoms with Gasteiger partial charge in [-0.3, -0.25) is 0 Å². The van der Waals surface area contributed by atoms with Crippen LogP contribution in [0.3, 0.4) is 0 Å². The molecular formula is C12H16O3S. The highest BCUT2D eigenvalue weighted by molar-refractivity contribution is 8.00. The van der Waals surface area contributed by atoms with E-state index >= 15 is 0 Å². The van der Waals surface area contributed by atoms with E-state index in [-0.39, 0.29) is 0 Å². The van der Waals surface area contributed by atoms with Gasteiger partial charge in [0.05, 0.1) is 0 Å². The third kappa shape index (κ3) is 2.92. The third-order valence-corrected chi connectivity index (χ3v) is 3.38. The standard InChI is InChI=1S/C12H16O3S/c1-3-9-12(16-2,11(13)14)15-10-7-5-4-6-8-10/h4-8H,3,9H2,1-2H3,(H,13,14). The third-order valence-electron chi connectivity index (χ3n) is 2.26. The number of carbonyl (C=O) groups is 1. The minimum absolute atomic E-state index is 0.485. The van der Waals surface area contributed by atoms with Crippen LogP contribution in [0.4, 0.5) is 0 Å². The summed E-state index contributed by atoms with van der Waals surface area (Å²) in [6, 6.07) is 9.06. The molecule has 1 aromatic rings. The van der Waals surface area contributed by atoms with Gasteiger partial charge in [-0.15, -0.1) is 11.8 Å². The molecule has 0 amide bonds. The molecule has 16 heavy (non-hydrogen) atoms. The van der Waals surface area contributed by atoms with E-state index in [2.05, 4.69) is 0 Å². The van der Waals surface area contributed by atoms with Gasteiger partial charge in [0.1, 0.15) is 5.75 Å². The topological polar surface area (TPSA) is 46.5 Å². The highest BCUT2D eigenvalue weighted by Crippen LogP contribution is 2.32. The summed E-state index contributed by atoms with van der Waals surface area (Å²) in [5.74, 6) is -0.335. The molecule has 0 fully saturated rings. The zero-order valence-electron chi connectivity index (χ0n) is 9.47. The number of hydrogen-bond donors (Lipinski definition) is 1. The number of rotatable bonds is 6. The van der Waals surface area contributed by atoms with Gasteiger partial charge >= 0.3 is 5.97 Å². The molecule has 0 radical (unpaired) electrons. The first-order valence-electron chi connectivity index (χ1n) is 5.17. The number of para-hydroxylation sites is 1. The van der Waals surface area contributed by atoms with Crippen molar-refractivity contribution in [2.75, 3.05) is 6.26 Å². The Hall–Kier alpha value is -1.16. The number of benzene rings is 1. The van der Waals surface area contributed by atoms with Crippen molar-refractivity contribution in [1.29, 1.82) is 0 Å². The fraction of sp³-hybridized carbons (Fsp3) is 0.417. The van der Waals surface area contributed by atoms with Crippen molar-refractivity contribution in [3.8, 4) is 5.75 Å². The van der Waals surface area contributed by atoms with Gasteiger partial charge in [-0.1, -0.05) is 31.5 Å². The zero-order chi connectivity index (χ0) is 12.0. The highest BCUT2D eigenvalue weighted by atomic mass is 32.2. The molecule has 1 rings (SSSR count). The molecule has 0 bridgehead atoms. The summed E-state index contributed by atoms with van der Waals surface area (Å²) in [5, 5.41) is 9.27. The molecule has 1 aromatic carbocycles. The van der Waals surface area contributed by atoms with E-state index in [9.17, 15) is 9.90 Å². The van der Waals surface area contributed by atoms with E-state index < -0.39 is 10.9 Å². The first-order valence-corrected chi connectivity index (χ1v) is 6.39. The Bertz CT molecular complexity index is 339. The lowest BCUT2D eigenvalue weighted by Gasteiger charge is -2.28. The van der Waals surface area contributed by atoms with Crippen LogP contribution < -0.4 is 4.74 Å². The summed E-state index contributed by atoms with van der Waals surface area (Å²) in [5.41, 5.74) is 0. The van der Waals surface area contributed by atoms with Gasteiger partial charge in [0.15, 0.2) is 0 Å². The second-order valence-electron chi connectivity index (χ2n) is 3.43. The molecule has 3 nitrogen and oxygen atoms in total. The number of ether oxygens (including phenoxy) is 1. The first-order chi connectivity index (χ1) is 7.64. The lowest BCUT2D eigenvalue weighted by molar-refractivity contribution is -0.148. The largest absolute Gasteiger partial charge is 0.478 e. The van der Waals surface area contributed by atoms with Crippen molar-refractivity contribution in [3.05, 3.63) is 30.3 Å². The Balaban J connectivity index is 2.90. The molecule has 88 valence electrons. The monoisotopic (exact) mass is 240 g/mol. The molecule has 4 heteroatoms. The fourth-order valence-corrected chi connectivity index (χ4v) is 2.20. The van der Waals surface area contributed by atoms with Gasteiger partial charge in [-0.05, 0) is 18.4 Å². The van der Waals surface area contributed by atoms with Crippen molar-refractivity contribution < 1.29 is 14.6 Å². The molecule has 0 heterocycles. The molecule has 1 N–H and O–H groups in total. The van der Waals surface area contributed by atoms with Crippen LogP contribution in [0, 0.1) is 0 Å². The Morgan fingerprint density at radius 1 is 1.44 bits per heavy atom. The van der Waals surface area contributed by atoms with E-state index in [1.807, 2.05) is 25.1 Å². The van der Waals surface area contributed by atoms with Gasteiger partial charge in [-0.2, -0.15) is 0 Å². The average molecular weight is 240 g/mol. The molecule has 0 aliphatic rings. The van der Waals surface area contributed by atoms with E-state index in [4.69, 9.17) is 4.74 Å². The van der Waals surface area contributed by atoms with Gasteiger partial charge in [-0.25, -0.2) is 4.79 Å². The quantitative estimate of drug-likeness (QED) is 0.776. The molecule has 0 aromatic heterocycles. The summed E-state index contributed by atoms with van der Waals surface area (Å²) >= 11 is 1.22. The normalized spacial score (nSPS) is 14.1. The predicted molar refractivity (Wildman–Crippen MR) is 65.9 cm³/mol. The summed E-state index contributed by atoms with van der Waals surface area (Å²) in [6.45, 7) is 1.95. The van der Waals surface area contributed by atoms with Crippen LogP contribution >= 0.6 is 11.8 Å². The Kier molecular flexibility index (Phi) is 4.68. The van der Waals surface area contributed by atoms with Crippen LogP contribution in [-0.4, -0.2) is 22.3 Å². The van der Waals surface area contributed by atoms with E-state index in [1.54, 1.807) is 18.4 Å². The van der Waals surface area contributed by atoms with E-state index in [0.29, 0.717) is 12.2 Å². The first kappa shape index (κ1) is 12.9. The summed E-state index contributed by atoms with van der Waals surface area (Å²) in [6.07, 6.45) is 3.01. The number of hydrogen-bond acceptors (Lipinski definition) is 3. The van der Waals surface area contributed by atoms with Crippen molar-refractivity contribution in [2.45, 2.75) is 24.7 Å².